The summed E-state index contributed by atoms with van der Waals surface area (Å²) in [4.78, 5) is 11.9. The zero-order valence-electron chi connectivity index (χ0n) is 10.1. The third-order valence-corrected chi connectivity index (χ3v) is 3.52. The van der Waals surface area contributed by atoms with Crippen LogP contribution in [0.1, 0.15) is 10.4 Å². The van der Waals surface area contributed by atoms with Crippen molar-refractivity contribution in [3.05, 3.63) is 53.8 Å². The summed E-state index contributed by atoms with van der Waals surface area (Å²) in [6, 6.07) is 11.2. The minimum absolute atomic E-state index is 0.187. The van der Waals surface area contributed by atoms with Gasteiger partial charge in [-0.3, -0.25) is 0 Å². The Hall–Kier alpha value is -2.01. The van der Waals surface area contributed by atoms with Crippen LogP contribution in [0.25, 0.3) is 0 Å². The minimum Gasteiger partial charge on any atom is -0.494 e. The Morgan fingerprint density at radius 1 is 1.21 bits per heavy atom. The van der Waals surface area contributed by atoms with Crippen molar-refractivity contribution in [2.75, 3.05) is 7.11 Å². The molecule has 98 valence electrons. The summed E-state index contributed by atoms with van der Waals surface area (Å²) in [7, 11) is 1.41. The normalized spacial score (nSPS) is 10.2. The lowest BCUT2D eigenvalue weighted by molar-refractivity contribution is 0.0697. The van der Waals surface area contributed by atoms with Gasteiger partial charge in [0.2, 0.25) is 0 Å². The van der Waals surface area contributed by atoms with Crippen LogP contribution < -0.4 is 4.74 Å². The van der Waals surface area contributed by atoms with Gasteiger partial charge in [0.15, 0.2) is 11.6 Å². The Labute approximate surface area is 114 Å². The highest BCUT2D eigenvalue weighted by Crippen LogP contribution is 2.33. The smallest absolute Gasteiger partial charge is 0.335 e. The van der Waals surface area contributed by atoms with Gasteiger partial charge in [-0.2, -0.15) is 0 Å². The molecule has 0 atom stereocenters. The number of carboxylic acid groups (broad SMARTS) is 1. The summed E-state index contributed by atoms with van der Waals surface area (Å²) < 4.78 is 18.8. The number of ether oxygens (including phenoxy) is 1. The summed E-state index contributed by atoms with van der Waals surface area (Å²) in [6.45, 7) is 0. The van der Waals surface area contributed by atoms with E-state index in [0.717, 1.165) is 4.90 Å². The molecular formula is C14H11FO3S. The molecule has 0 saturated heterocycles. The van der Waals surface area contributed by atoms with Crippen LogP contribution in [0.3, 0.4) is 0 Å². The van der Waals surface area contributed by atoms with E-state index in [-0.39, 0.29) is 11.3 Å². The average molecular weight is 278 g/mol. The number of hydrogen-bond donors (Lipinski definition) is 1. The van der Waals surface area contributed by atoms with Crippen LogP contribution >= 0.6 is 11.8 Å². The second kappa shape index (κ2) is 5.75. The van der Waals surface area contributed by atoms with Gasteiger partial charge in [-0.05, 0) is 36.4 Å². The van der Waals surface area contributed by atoms with Crippen molar-refractivity contribution in [3.63, 3.8) is 0 Å². The van der Waals surface area contributed by atoms with Gasteiger partial charge in [-0.15, -0.1) is 0 Å². The molecule has 2 rings (SSSR count). The summed E-state index contributed by atoms with van der Waals surface area (Å²) in [5.74, 6) is -1.21. The van der Waals surface area contributed by atoms with Crippen molar-refractivity contribution in [2.45, 2.75) is 9.79 Å². The Bertz CT molecular complexity index is 596. The zero-order chi connectivity index (χ0) is 13.8. The topological polar surface area (TPSA) is 46.5 Å². The zero-order valence-corrected chi connectivity index (χ0v) is 10.9. The molecule has 0 heterocycles. The largest absolute Gasteiger partial charge is 0.494 e. The van der Waals surface area contributed by atoms with Gasteiger partial charge >= 0.3 is 5.97 Å². The molecule has 0 radical (unpaired) electrons. The van der Waals surface area contributed by atoms with Gasteiger partial charge in [0.1, 0.15) is 0 Å². The number of rotatable bonds is 4. The van der Waals surface area contributed by atoms with Gasteiger partial charge in [-0.25, -0.2) is 9.18 Å². The van der Waals surface area contributed by atoms with Crippen LogP contribution in [0.15, 0.2) is 52.3 Å². The van der Waals surface area contributed by atoms with Crippen LogP contribution in [-0.2, 0) is 0 Å². The van der Waals surface area contributed by atoms with Gasteiger partial charge in [0.25, 0.3) is 0 Å². The SMILES string of the molecule is COc1cccc(Sc2ccc(C(=O)O)cc2)c1F. The molecule has 5 heteroatoms. The number of methoxy groups -OCH3 is 1. The van der Waals surface area contributed by atoms with Gasteiger partial charge < -0.3 is 9.84 Å². The summed E-state index contributed by atoms with van der Waals surface area (Å²) in [5, 5.41) is 8.79. The predicted molar refractivity (Wildman–Crippen MR) is 70.5 cm³/mol. The molecule has 0 aliphatic carbocycles. The van der Waals surface area contributed by atoms with Crippen LogP contribution in [0.5, 0.6) is 5.75 Å². The third-order valence-electron chi connectivity index (χ3n) is 2.48. The number of benzene rings is 2. The quantitative estimate of drug-likeness (QED) is 0.926. The number of aromatic carboxylic acids is 1. The molecule has 0 aliphatic rings. The van der Waals surface area contributed by atoms with Crippen LogP contribution in [0.2, 0.25) is 0 Å². The van der Waals surface area contributed by atoms with Crippen molar-refractivity contribution >= 4 is 17.7 Å². The molecule has 0 saturated carbocycles. The average Bonchev–Trinajstić information content (AvgIpc) is 2.42. The number of carbonyl (C=O) groups is 1. The predicted octanol–water partition coefficient (Wildman–Crippen LogP) is 3.68. The van der Waals surface area contributed by atoms with Crippen LogP contribution in [0.4, 0.5) is 4.39 Å². The molecule has 1 N–H and O–H groups in total. The van der Waals surface area contributed by atoms with E-state index >= 15 is 0 Å². The third kappa shape index (κ3) is 3.06. The first-order valence-corrected chi connectivity index (χ1v) is 6.27. The van der Waals surface area contributed by atoms with E-state index < -0.39 is 11.8 Å². The molecule has 3 nitrogen and oxygen atoms in total. The number of hydrogen-bond acceptors (Lipinski definition) is 3. The van der Waals surface area contributed by atoms with E-state index in [4.69, 9.17) is 9.84 Å². The molecule has 0 aliphatic heterocycles. The first-order chi connectivity index (χ1) is 9.11. The Kier molecular flexibility index (Phi) is 4.06. The molecule has 0 fully saturated rings. The summed E-state index contributed by atoms with van der Waals surface area (Å²) in [5.41, 5.74) is 0.204. The Morgan fingerprint density at radius 3 is 2.47 bits per heavy atom. The Morgan fingerprint density at radius 2 is 1.89 bits per heavy atom. The highest BCUT2D eigenvalue weighted by molar-refractivity contribution is 7.99. The van der Waals surface area contributed by atoms with Crippen molar-refractivity contribution in [2.24, 2.45) is 0 Å². The second-order valence-corrected chi connectivity index (χ2v) is 4.82. The van der Waals surface area contributed by atoms with Crippen molar-refractivity contribution in [1.29, 1.82) is 0 Å². The lowest BCUT2D eigenvalue weighted by atomic mass is 10.2. The van der Waals surface area contributed by atoms with Crippen molar-refractivity contribution < 1.29 is 19.0 Å². The van der Waals surface area contributed by atoms with Gasteiger partial charge in [0, 0.05) is 4.90 Å². The number of halogens is 1. The monoisotopic (exact) mass is 278 g/mol. The standard InChI is InChI=1S/C14H11FO3S/c1-18-11-3-2-4-12(13(11)15)19-10-7-5-9(6-8-10)14(16)17/h2-8H,1H3,(H,16,17). The van der Waals surface area contributed by atoms with Crippen molar-refractivity contribution in [3.8, 4) is 5.75 Å². The highest BCUT2D eigenvalue weighted by Gasteiger charge is 2.10. The fourth-order valence-corrected chi connectivity index (χ4v) is 2.38. The molecule has 19 heavy (non-hydrogen) atoms. The molecule has 0 unspecified atom stereocenters. The van der Waals surface area contributed by atoms with Crippen LogP contribution in [-0.4, -0.2) is 18.2 Å². The maximum atomic E-state index is 13.9. The molecule has 0 bridgehead atoms. The lowest BCUT2D eigenvalue weighted by Gasteiger charge is -2.07. The fraction of sp³-hybridized carbons (Fsp3) is 0.0714. The maximum Gasteiger partial charge on any atom is 0.335 e. The molecule has 0 amide bonds. The molecule has 2 aromatic rings. The highest BCUT2D eigenvalue weighted by atomic mass is 32.2. The molecule has 2 aromatic carbocycles. The minimum atomic E-state index is -0.982. The van der Waals surface area contributed by atoms with E-state index in [2.05, 4.69) is 0 Å². The van der Waals surface area contributed by atoms with E-state index in [1.165, 1.54) is 31.0 Å². The van der Waals surface area contributed by atoms with Crippen LogP contribution in [0, 0.1) is 5.82 Å². The first kappa shape index (κ1) is 13.4. The molecular weight excluding hydrogens is 267 g/mol. The Balaban J connectivity index is 2.24. The summed E-state index contributed by atoms with van der Waals surface area (Å²) >= 11 is 1.22. The fourth-order valence-electron chi connectivity index (χ4n) is 1.52. The second-order valence-electron chi connectivity index (χ2n) is 3.70. The van der Waals surface area contributed by atoms with Gasteiger partial charge in [-0.1, -0.05) is 17.8 Å². The van der Waals surface area contributed by atoms with E-state index in [9.17, 15) is 9.18 Å². The maximum absolute atomic E-state index is 13.9. The van der Waals surface area contributed by atoms with E-state index in [1.54, 1.807) is 30.3 Å². The molecule has 0 aromatic heterocycles. The lowest BCUT2D eigenvalue weighted by Crippen LogP contribution is -1.94. The van der Waals surface area contributed by atoms with Gasteiger partial charge in [0.05, 0.1) is 17.6 Å². The first-order valence-electron chi connectivity index (χ1n) is 5.45. The summed E-state index contributed by atoms with van der Waals surface area (Å²) in [6.07, 6.45) is 0. The molecule has 0 spiro atoms. The number of carboxylic acids is 1. The van der Waals surface area contributed by atoms with E-state index in [1.807, 2.05) is 0 Å². The van der Waals surface area contributed by atoms with Crippen molar-refractivity contribution in [1.82, 2.24) is 0 Å². The van der Waals surface area contributed by atoms with E-state index in [0.29, 0.717) is 4.90 Å².